The summed E-state index contributed by atoms with van der Waals surface area (Å²) in [5, 5.41) is 3.37. The highest BCUT2D eigenvalue weighted by atomic mass is 35.5. The molecule has 1 aliphatic rings. The first-order chi connectivity index (χ1) is 6.33. The van der Waals surface area contributed by atoms with Crippen LogP contribution in [0.2, 0.25) is 0 Å². The standard InChI is InChI=1S/C10H18ClNO/c1-13-8-5-10(3-4-10)9-12-7-2-6-11/h2,6,12H,3-5,7-9H2,1H3/b6-2+. The first kappa shape index (κ1) is 11.0. The first-order valence-corrected chi connectivity index (χ1v) is 5.21. The summed E-state index contributed by atoms with van der Waals surface area (Å²) >= 11 is 5.41. The van der Waals surface area contributed by atoms with Crippen LogP contribution in [0.5, 0.6) is 0 Å². The summed E-state index contributed by atoms with van der Waals surface area (Å²) in [4.78, 5) is 0. The van der Waals surface area contributed by atoms with Crippen molar-refractivity contribution in [1.82, 2.24) is 5.32 Å². The van der Waals surface area contributed by atoms with Crippen molar-refractivity contribution < 1.29 is 4.74 Å². The number of hydrogen-bond donors (Lipinski definition) is 1. The minimum Gasteiger partial charge on any atom is -0.385 e. The Labute approximate surface area is 85.3 Å². The van der Waals surface area contributed by atoms with Crippen LogP contribution in [-0.4, -0.2) is 26.8 Å². The van der Waals surface area contributed by atoms with Crippen LogP contribution in [0.1, 0.15) is 19.3 Å². The summed E-state index contributed by atoms with van der Waals surface area (Å²) in [6.45, 7) is 2.85. The average Bonchev–Trinajstić information content (AvgIpc) is 2.91. The molecule has 0 amide bonds. The fourth-order valence-electron chi connectivity index (χ4n) is 1.48. The summed E-state index contributed by atoms with van der Waals surface area (Å²) in [6, 6.07) is 0. The van der Waals surface area contributed by atoms with Gasteiger partial charge in [-0.2, -0.15) is 0 Å². The Morgan fingerprint density at radius 3 is 2.85 bits per heavy atom. The van der Waals surface area contributed by atoms with Gasteiger partial charge in [0.1, 0.15) is 0 Å². The van der Waals surface area contributed by atoms with Crippen molar-refractivity contribution >= 4 is 11.6 Å². The molecular weight excluding hydrogens is 186 g/mol. The smallest absolute Gasteiger partial charge is 0.0468 e. The van der Waals surface area contributed by atoms with Gasteiger partial charge >= 0.3 is 0 Å². The van der Waals surface area contributed by atoms with Crippen molar-refractivity contribution in [3.63, 3.8) is 0 Å². The van der Waals surface area contributed by atoms with Crippen molar-refractivity contribution in [3.05, 3.63) is 11.6 Å². The maximum absolute atomic E-state index is 5.41. The molecule has 0 atom stereocenters. The second-order valence-electron chi connectivity index (χ2n) is 3.74. The Morgan fingerprint density at radius 2 is 2.31 bits per heavy atom. The zero-order valence-electron chi connectivity index (χ0n) is 8.18. The number of ether oxygens (including phenoxy) is 1. The van der Waals surface area contributed by atoms with E-state index in [9.17, 15) is 0 Å². The largest absolute Gasteiger partial charge is 0.385 e. The molecule has 1 fully saturated rings. The highest BCUT2D eigenvalue weighted by Crippen LogP contribution is 2.48. The molecule has 0 aromatic heterocycles. The zero-order chi connectivity index (χ0) is 9.57. The predicted octanol–water partition coefficient (Wildman–Crippen LogP) is 2.15. The summed E-state index contributed by atoms with van der Waals surface area (Å²) in [6.07, 6.45) is 5.79. The van der Waals surface area contributed by atoms with Crippen LogP contribution in [0.4, 0.5) is 0 Å². The summed E-state index contributed by atoms with van der Waals surface area (Å²) in [5.41, 5.74) is 2.10. The fourth-order valence-corrected chi connectivity index (χ4v) is 1.56. The number of rotatable bonds is 7. The molecule has 3 heteroatoms. The molecule has 76 valence electrons. The number of nitrogens with one attached hydrogen (secondary N) is 1. The van der Waals surface area contributed by atoms with Gasteiger partial charge in [0.15, 0.2) is 0 Å². The van der Waals surface area contributed by atoms with E-state index in [4.69, 9.17) is 16.3 Å². The second kappa shape index (κ2) is 5.63. The van der Waals surface area contributed by atoms with E-state index < -0.39 is 0 Å². The lowest BCUT2D eigenvalue weighted by Gasteiger charge is -2.14. The fraction of sp³-hybridized carbons (Fsp3) is 0.800. The molecule has 0 radical (unpaired) electrons. The third-order valence-electron chi connectivity index (χ3n) is 2.64. The molecule has 2 nitrogen and oxygen atoms in total. The minimum absolute atomic E-state index is 0.538. The van der Waals surface area contributed by atoms with Crippen LogP contribution < -0.4 is 5.32 Å². The third kappa shape index (κ3) is 4.12. The average molecular weight is 204 g/mol. The van der Waals surface area contributed by atoms with Crippen molar-refractivity contribution in [3.8, 4) is 0 Å². The third-order valence-corrected chi connectivity index (χ3v) is 2.82. The quantitative estimate of drug-likeness (QED) is 0.641. The molecule has 0 aromatic carbocycles. The minimum atomic E-state index is 0.538. The van der Waals surface area contributed by atoms with E-state index in [1.165, 1.54) is 19.3 Å². The maximum atomic E-state index is 5.41. The zero-order valence-corrected chi connectivity index (χ0v) is 8.94. The number of halogens is 1. The van der Waals surface area contributed by atoms with Gasteiger partial charge in [0.2, 0.25) is 0 Å². The van der Waals surface area contributed by atoms with Crippen LogP contribution in [-0.2, 0) is 4.74 Å². The van der Waals surface area contributed by atoms with E-state index in [0.29, 0.717) is 5.41 Å². The van der Waals surface area contributed by atoms with Gasteiger partial charge in [-0.15, -0.1) is 0 Å². The molecule has 13 heavy (non-hydrogen) atoms. The lowest BCUT2D eigenvalue weighted by atomic mass is 10.0. The Kier molecular flexibility index (Phi) is 4.78. The summed E-state index contributed by atoms with van der Waals surface area (Å²) in [5.74, 6) is 0. The Balaban J connectivity index is 2.05. The van der Waals surface area contributed by atoms with Crippen LogP contribution in [0.3, 0.4) is 0 Å². The Hall–Kier alpha value is -0.0500. The van der Waals surface area contributed by atoms with E-state index in [1.807, 2.05) is 6.08 Å². The molecule has 1 saturated carbocycles. The number of methoxy groups -OCH3 is 1. The van der Waals surface area contributed by atoms with Crippen LogP contribution in [0, 0.1) is 5.41 Å². The van der Waals surface area contributed by atoms with Gasteiger partial charge in [0, 0.05) is 32.3 Å². The Morgan fingerprint density at radius 1 is 1.54 bits per heavy atom. The topological polar surface area (TPSA) is 21.3 Å². The van der Waals surface area contributed by atoms with Gasteiger partial charge < -0.3 is 10.1 Å². The highest BCUT2D eigenvalue weighted by Gasteiger charge is 2.41. The normalized spacial score (nSPS) is 19.5. The maximum Gasteiger partial charge on any atom is 0.0468 e. The van der Waals surface area contributed by atoms with Gasteiger partial charge in [-0.3, -0.25) is 0 Å². The summed E-state index contributed by atoms with van der Waals surface area (Å²) in [7, 11) is 1.76. The molecule has 1 N–H and O–H groups in total. The van der Waals surface area contributed by atoms with Gasteiger partial charge in [0.05, 0.1) is 0 Å². The predicted molar refractivity (Wildman–Crippen MR) is 56.0 cm³/mol. The monoisotopic (exact) mass is 203 g/mol. The molecule has 1 rings (SSSR count). The van der Waals surface area contributed by atoms with E-state index in [0.717, 1.165) is 19.7 Å². The lowest BCUT2D eigenvalue weighted by Crippen LogP contribution is -2.25. The van der Waals surface area contributed by atoms with Gasteiger partial charge in [-0.25, -0.2) is 0 Å². The van der Waals surface area contributed by atoms with E-state index in [2.05, 4.69) is 5.32 Å². The second-order valence-corrected chi connectivity index (χ2v) is 3.99. The molecule has 0 unspecified atom stereocenters. The van der Waals surface area contributed by atoms with Crippen molar-refractivity contribution in [2.75, 3.05) is 26.8 Å². The molecule has 0 saturated heterocycles. The molecule has 0 bridgehead atoms. The Bertz CT molecular complexity index is 166. The van der Waals surface area contributed by atoms with Crippen LogP contribution in [0.25, 0.3) is 0 Å². The lowest BCUT2D eigenvalue weighted by molar-refractivity contribution is 0.171. The highest BCUT2D eigenvalue weighted by molar-refractivity contribution is 6.25. The molecular formula is C10H18ClNO. The van der Waals surface area contributed by atoms with Crippen LogP contribution >= 0.6 is 11.6 Å². The van der Waals surface area contributed by atoms with Crippen molar-refractivity contribution in [1.29, 1.82) is 0 Å². The molecule has 0 heterocycles. The van der Waals surface area contributed by atoms with Crippen molar-refractivity contribution in [2.24, 2.45) is 5.41 Å². The molecule has 1 aliphatic carbocycles. The molecule has 0 aliphatic heterocycles. The van der Waals surface area contributed by atoms with E-state index in [-0.39, 0.29) is 0 Å². The van der Waals surface area contributed by atoms with E-state index in [1.54, 1.807) is 12.6 Å². The molecule has 0 aromatic rings. The molecule has 0 spiro atoms. The number of hydrogen-bond acceptors (Lipinski definition) is 2. The SMILES string of the molecule is COCCC1(CNC/C=C/Cl)CC1. The van der Waals surface area contributed by atoms with Gasteiger partial charge in [0.25, 0.3) is 0 Å². The first-order valence-electron chi connectivity index (χ1n) is 4.78. The van der Waals surface area contributed by atoms with Gasteiger partial charge in [-0.1, -0.05) is 17.7 Å². The van der Waals surface area contributed by atoms with E-state index >= 15 is 0 Å². The van der Waals surface area contributed by atoms with Crippen LogP contribution in [0.15, 0.2) is 11.6 Å². The summed E-state index contributed by atoms with van der Waals surface area (Å²) < 4.78 is 5.08. The van der Waals surface area contributed by atoms with Gasteiger partial charge in [-0.05, 0) is 24.7 Å². The van der Waals surface area contributed by atoms with Crippen molar-refractivity contribution in [2.45, 2.75) is 19.3 Å².